The molecule has 1 saturated heterocycles. The number of imide groups is 1. The van der Waals surface area contributed by atoms with Gasteiger partial charge in [0.2, 0.25) is 11.8 Å². The second-order valence-corrected chi connectivity index (χ2v) is 6.31. The Balaban J connectivity index is 1.80. The molecule has 0 saturated carbocycles. The molecule has 0 aliphatic carbocycles. The van der Waals surface area contributed by atoms with Gasteiger partial charge in [-0.05, 0) is 30.4 Å². The number of nitrogens with zero attached hydrogens (tertiary/aromatic N) is 1. The van der Waals surface area contributed by atoms with Crippen molar-refractivity contribution in [3.63, 3.8) is 0 Å². The first-order chi connectivity index (χ1) is 11.1. The van der Waals surface area contributed by atoms with Crippen molar-refractivity contribution in [2.75, 3.05) is 0 Å². The van der Waals surface area contributed by atoms with Gasteiger partial charge in [0, 0.05) is 18.5 Å². The number of benzene rings is 1. The Morgan fingerprint density at radius 3 is 2.78 bits per heavy atom. The molecule has 1 unspecified atom stereocenters. The van der Waals surface area contributed by atoms with E-state index in [1.54, 1.807) is 4.90 Å². The van der Waals surface area contributed by atoms with Gasteiger partial charge in [-0.25, -0.2) is 0 Å². The van der Waals surface area contributed by atoms with Crippen LogP contribution in [0.15, 0.2) is 18.2 Å². The Bertz CT molecular complexity index is 654. The number of rotatable bonds is 5. The maximum Gasteiger partial charge on any atom is 0.255 e. The summed E-state index contributed by atoms with van der Waals surface area (Å²) >= 11 is 0. The number of carbonyl (C=O) groups excluding carboxylic acids is 3. The number of piperidine rings is 1. The van der Waals surface area contributed by atoms with Gasteiger partial charge in [0.1, 0.15) is 6.04 Å². The van der Waals surface area contributed by atoms with E-state index in [9.17, 15) is 14.4 Å². The zero-order valence-electron chi connectivity index (χ0n) is 13.4. The molecular formula is C18H22N2O3. The number of aryl methyl sites for hydroxylation is 1. The Hall–Kier alpha value is -2.17. The van der Waals surface area contributed by atoms with E-state index in [0.717, 1.165) is 42.4 Å². The van der Waals surface area contributed by atoms with Gasteiger partial charge < -0.3 is 4.90 Å². The summed E-state index contributed by atoms with van der Waals surface area (Å²) in [5.74, 6) is -0.674. The standard InChI is InChI=1S/C18H22N2O3/c1-2-3-4-6-12-7-5-8-13-11-20(18(23)16(12)13)14-9-10-15(21)19-17(14)22/h5,7-8,14H,2-4,6,9-11H2,1H3,(H,19,21,22). The van der Waals surface area contributed by atoms with Gasteiger partial charge in [0.25, 0.3) is 5.91 Å². The van der Waals surface area contributed by atoms with Crippen LogP contribution < -0.4 is 5.32 Å². The molecule has 0 aromatic heterocycles. The van der Waals surface area contributed by atoms with E-state index in [1.807, 2.05) is 18.2 Å². The van der Waals surface area contributed by atoms with Crippen LogP contribution >= 0.6 is 0 Å². The molecule has 3 amide bonds. The van der Waals surface area contributed by atoms with Crippen LogP contribution in [-0.2, 0) is 22.6 Å². The second-order valence-electron chi connectivity index (χ2n) is 6.31. The van der Waals surface area contributed by atoms with Gasteiger partial charge in [-0.1, -0.05) is 38.0 Å². The van der Waals surface area contributed by atoms with Crippen LogP contribution in [0.3, 0.4) is 0 Å². The summed E-state index contributed by atoms with van der Waals surface area (Å²) in [6, 6.07) is 5.43. The zero-order chi connectivity index (χ0) is 16.4. The maximum atomic E-state index is 12.8. The first-order valence-corrected chi connectivity index (χ1v) is 8.37. The topological polar surface area (TPSA) is 66.5 Å². The van der Waals surface area contributed by atoms with Gasteiger partial charge in [-0.2, -0.15) is 0 Å². The fraction of sp³-hybridized carbons (Fsp3) is 0.500. The first-order valence-electron chi connectivity index (χ1n) is 8.37. The molecule has 5 heteroatoms. The molecule has 1 aromatic carbocycles. The van der Waals surface area contributed by atoms with E-state index in [1.165, 1.54) is 0 Å². The number of hydrogen-bond acceptors (Lipinski definition) is 3. The SMILES string of the molecule is CCCCCc1cccc2c1C(=O)N(C1CCC(=O)NC1=O)C2. The Morgan fingerprint density at radius 2 is 2.04 bits per heavy atom. The monoisotopic (exact) mass is 314 g/mol. The minimum Gasteiger partial charge on any atom is -0.322 e. The highest BCUT2D eigenvalue weighted by Crippen LogP contribution is 2.30. The molecule has 0 radical (unpaired) electrons. The van der Waals surface area contributed by atoms with Crippen LogP contribution in [0.2, 0.25) is 0 Å². The summed E-state index contributed by atoms with van der Waals surface area (Å²) in [5.41, 5.74) is 2.85. The number of fused-ring (bicyclic) bond motifs is 1. The second kappa shape index (κ2) is 6.52. The molecule has 23 heavy (non-hydrogen) atoms. The van der Waals surface area contributed by atoms with Crippen molar-refractivity contribution in [1.82, 2.24) is 10.2 Å². The molecule has 2 aliphatic rings. The molecular weight excluding hydrogens is 292 g/mol. The highest BCUT2D eigenvalue weighted by Gasteiger charge is 2.39. The fourth-order valence-corrected chi connectivity index (χ4v) is 3.46. The average Bonchev–Trinajstić information content (AvgIpc) is 2.85. The molecule has 0 bridgehead atoms. The summed E-state index contributed by atoms with van der Waals surface area (Å²) in [6.07, 6.45) is 4.96. The Labute approximate surface area is 136 Å². The van der Waals surface area contributed by atoms with Crippen molar-refractivity contribution in [3.8, 4) is 0 Å². The van der Waals surface area contributed by atoms with Crippen molar-refractivity contribution in [1.29, 1.82) is 0 Å². The van der Waals surface area contributed by atoms with Crippen LogP contribution in [0.4, 0.5) is 0 Å². The first kappa shape index (κ1) is 15.7. The third-order valence-corrected chi connectivity index (χ3v) is 4.69. The maximum absolute atomic E-state index is 12.8. The normalized spacial score (nSPS) is 20.7. The molecule has 2 aliphatic heterocycles. The van der Waals surface area contributed by atoms with E-state index in [4.69, 9.17) is 0 Å². The third-order valence-electron chi connectivity index (χ3n) is 4.69. The number of carbonyl (C=O) groups is 3. The predicted octanol–water partition coefficient (Wildman–Crippen LogP) is 2.18. The molecule has 1 fully saturated rings. The lowest BCUT2D eigenvalue weighted by Gasteiger charge is -2.29. The van der Waals surface area contributed by atoms with E-state index in [0.29, 0.717) is 19.4 Å². The smallest absolute Gasteiger partial charge is 0.255 e. The molecule has 3 rings (SSSR count). The van der Waals surface area contributed by atoms with E-state index < -0.39 is 6.04 Å². The lowest BCUT2D eigenvalue weighted by Crippen LogP contribution is -2.52. The predicted molar refractivity (Wildman–Crippen MR) is 85.7 cm³/mol. The van der Waals surface area contributed by atoms with Crippen LogP contribution in [0.25, 0.3) is 0 Å². The average molecular weight is 314 g/mol. The fourth-order valence-electron chi connectivity index (χ4n) is 3.46. The van der Waals surface area contributed by atoms with Crippen LogP contribution in [-0.4, -0.2) is 28.7 Å². The largest absolute Gasteiger partial charge is 0.322 e. The summed E-state index contributed by atoms with van der Waals surface area (Å²) in [4.78, 5) is 37.8. The Kier molecular flexibility index (Phi) is 4.46. The number of amides is 3. The molecule has 122 valence electrons. The number of hydrogen-bond donors (Lipinski definition) is 1. The number of unbranched alkanes of at least 4 members (excludes halogenated alkanes) is 2. The van der Waals surface area contributed by atoms with Gasteiger partial charge in [0.05, 0.1) is 0 Å². The quantitative estimate of drug-likeness (QED) is 0.669. The third kappa shape index (κ3) is 3.00. The lowest BCUT2D eigenvalue weighted by molar-refractivity contribution is -0.136. The van der Waals surface area contributed by atoms with Crippen molar-refractivity contribution in [2.24, 2.45) is 0 Å². The molecule has 0 spiro atoms. The minimum atomic E-state index is -0.531. The van der Waals surface area contributed by atoms with E-state index in [-0.39, 0.29) is 17.7 Å². The summed E-state index contributed by atoms with van der Waals surface area (Å²) in [7, 11) is 0. The summed E-state index contributed by atoms with van der Waals surface area (Å²) in [6.45, 7) is 2.62. The van der Waals surface area contributed by atoms with Gasteiger partial charge in [-0.3, -0.25) is 19.7 Å². The lowest BCUT2D eigenvalue weighted by atomic mass is 9.98. The van der Waals surface area contributed by atoms with Gasteiger partial charge >= 0.3 is 0 Å². The molecule has 1 atom stereocenters. The summed E-state index contributed by atoms with van der Waals surface area (Å²) < 4.78 is 0. The molecule has 2 heterocycles. The van der Waals surface area contributed by atoms with Crippen LogP contribution in [0.5, 0.6) is 0 Å². The zero-order valence-corrected chi connectivity index (χ0v) is 13.4. The van der Waals surface area contributed by atoms with Crippen molar-refractivity contribution in [3.05, 3.63) is 34.9 Å². The van der Waals surface area contributed by atoms with E-state index >= 15 is 0 Å². The van der Waals surface area contributed by atoms with Crippen LogP contribution in [0, 0.1) is 0 Å². The highest BCUT2D eigenvalue weighted by atomic mass is 16.2. The Morgan fingerprint density at radius 1 is 1.22 bits per heavy atom. The molecule has 5 nitrogen and oxygen atoms in total. The van der Waals surface area contributed by atoms with Gasteiger partial charge in [-0.15, -0.1) is 0 Å². The van der Waals surface area contributed by atoms with Crippen molar-refractivity contribution in [2.45, 2.75) is 58.0 Å². The molecule has 1 N–H and O–H groups in total. The van der Waals surface area contributed by atoms with Gasteiger partial charge in [0.15, 0.2) is 0 Å². The van der Waals surface area contributed by atoms with Crippen molar-refractivity contribution < 1.29 is 14.4 Å². The van der Waals surface area contributed by atoms with Crippen LogP contribution in [0.1, 0.15) is 60.5 Å². The van der Waals surface area contributed by atoms with Crippen molar-refractivity contribution >= 4 is 17.7 Å². The minimum absolute atomic E-state index is 0.0680. The van der Waals surface area contributed by atoms with E-state index in [2.05, 4.69) is 12.2 Å². The summed E-state index contributed by atoms with van der Waals surface area (Å²) in [5, 5.41) is 2.34. The molecule has 1 aromatic rings. The highest BCUT2D eigenvalue weighted by molar-refractivity contribution is 6.05. The number of nitrogens with one attached hydrogen (secondary N) is 1.